The van der Waals surface area contributed by atoms with Crippen molar-refractivity contribution in [3.63, 3.8) is 0 Å². The summed E-state index contributed by atoms with van der Waals surface area (Å²) in [4.78, 5) is 0. The van der Waals surface area contributed by atoms with Gasteiger partial charge in [0.2, 0.25) is 0 Å². The number of ether oxygens (including phenoxy) is 1. The van der Waals surface area contributed by atoms with Gasteiger partial charge in [0.15, 0.2) is 21.4 Å². The zero-order valence-electron chi connectivity index (χ0n) is 12.4. The molecular formula is C15H22FNO3S. The van der Waals surface area contributed by atoms with Gasteiger partial charge in [-0.2, -0.15) is 0 Å². The third kappa shape index (κ3) is 4.41. The van der Waals surface area contributed by atoms with Gasteiger partial charge in [-0.1, -0.05) is 6.07 Å². The van der Waals surface area contributed by atoms with Crippen LogP contribution in [-0.2, 0) is 16.3 Å². The fourth-order valence-electron chi connectivity index (χ4n) is 2.88. The van der Waals surface area contributed by atoms with Gasteiger partial charge in [-0.15, -0.1) is 0 Å². The molecular weight excluding hydrogens is 293 g/mol. The number of halogens is 1. The van der Waals surface area contributed by atoms with Crippen molar-refractivity contribution in [3.8, 4) is 5.75 Å². The molecule has 0 saturated carbocycles. The summed E-state index contributed by atoms with van der Waals surface area (Å²) in [6.45, 7) is 0. The Morgan fingerprint density at radius 3 is 2.76 bits per heavy atom. The first kappa shape index (κ1) is 16.2. The highest BCUT2D eigenvalue weighted by molar-refractivity contribution is 7.91. The van der Waals surface area contributed by atoms with Crippen molar-refractivity contribution in [1.82, 2.24) is 5.32 Å². The third-order valence-electron chi connectivity index (χ3n) is 4.05. The standard InChI is InChI=1S/C15H22FNO3S/c1-17-13(8-12-5-6-21(18,19)10-12)7-11-3-4-15(20-2)14(16)9-11/h3-4,9,12-13,17H,5-8,10H2,1-2H3. The van der Waals surface area contributed by atoms with Crippen LogP contribution in [0.1, 0.15) is 18.4 Å². The molecule has 0 radical (unpaired) electrons. The maximum atomic E-state index is 13.7. The van der Waals surface area contributed by atoms with Crippen molar-refractivity contribution in [1.29, 1.82) is 0 Å². The van der Waals surface area contributed by atoms with E-state index in [0.717, 1.165) is 18.4 Å². The number of benzene rings is 1. The lowest BCUT2D eigenvalue weighted by atomic mass is 9.94. The number of hydrogen-bond acceptors (Lipinski definition) is 4. The second kappa shape index (κ2) is 6.75. The van der Waals surface area contributed by atoms with Crippen molar-refractivity contribution >= 4 is 9.84 Å². The molecule has 118 valence electrons. The van der Waals surface area contributed by atoms with Gasteiger partial charge in [-0.25, -0.2) is 12.8 Å². The Bertz CT molecular complexity index is 589. The van der Waals surface area contributed by atoms with E-state index in [1.807, 2.05) is 13.1 Å². The maximum absolute atomic E-state index is 13.7. The van der Waals surface area contributed by atoms with Crippen molar-refractivity contribution in [3.05, 3.63) is 29.6 Å². The molecule has 6 heteroatoms. The van der Waals surface area contributed by atoms with Gasteiger partial charge in [0, 0.05) is 6.04 Å². The van der Waals surface area contributed by atoms with Crippen LogP contribution in [0, 0.1) is 11.7 Å². The molecule has 2 unspecified atom stereocenters. The lowest BCUT2D eigenvalue weighted by molar-refractivity contribution is 0.385. The van der Waals surface area contributed by atoms with E-state index >= 15 is 0 Å². The summed E-state index contributed by atoms with van der Waals surface area (Å²) in [5.74, 6) is 0.651. The van der Waals surface area contributed by atoms with Crippen LogP contribution in [0.2, 0.25) is 0 Å². The Labute approximate surface area is 125 Å². The van der Waals surface area contributed by atoms with E-state index in [9.17, 15) is 12.8 Å². The van der Waals surface area contributed by atoms with Crippen LogP contribution in [0.25, 0.3) is 0 Å². The summed E-state index contributed by atoms with van der Waals surface area (Å²) in [5, 5.41) is 3.20. The topological polar surface area (TPSA) is 55.4 Å². The fraction of sp³-hybridized carbons (Fsp3) is 0.600. The van der Waals surface area contributed by atoms with Crippen LogP contribution in [0.3, 0.4) is 0 Å². The van der Waals surface area contributed by atoms with Gasteiger partial charge in [0.25, 0.3) is 0 Å². The molecule has 0 aliphatic carbocycles. The van der Waals surface area contributed by atoms with E-state index in [0.29, 0.717) is 12.2 Å². The molecule has 1 aromatic rings. The largest absolute Gasteiger partial charge is 0.494 e. The Kier molecular flexibility index (Phi) is 5.22. The van der Waals surface area contributed by atoms with Crippen LogP contribution in [0.5, 0.6) is 5.75 Å². The van der Waals surface area contributed by atoms with Crippen LogP contribution in [-0.4, -0.2) is 40.1 Å². The first-order valence-corrected chi connectivity index (χ1v) is 8.95. The van der Waals surface area contributed by atoms with Gasteiger partial charge in [-0.05, 0) is 49.9 Å². The molecule has 4 nitrogen and oxygen atoms in total. The summed E-state index contributed by atoms with van der Waals surface area (Å²) < 4.78 is 41.6. The minimum absolute atomic E-state index is 0.149. The number of hydrogen-bond donors (Lipinski definition) is 1. The van der Waals surface area contributed by atoms with Crippen molar-refractivity contribution in [2.24, 2.45) is 5.92 Å². The lowest BCUT2D eigenvalue weighted by Crippen LogP contribution is -2.30. The number of nitrogens with one attached hydrogen (secondary N) is 1. The van der Waals surface area contributed by atoms with Crippen LogP contribution < -0.4 is 10.1 Å². The van der Waals surface area contributed by atoms with Crippen molar-refractivity contribution in [2.75, 3.05) is 25.7 Å². The predicted molar refractivity (Wildman–Crippen MR) is 80.9 cm³/mol. The zero-order valence-corrected chi connectivity index (χ0v) is 13.2. The van der Waals surface area contributed by atoms with Gasteiger partial charge in [-0.3, -0.25) is 0 Å². The number of sulfone groups is 1. The Balaban J connectivity index is 1.97. The molecule has 1 heterocycles. The average molecular weight is 315 g/mol. The van der Waals surface area contributed by atoms with E-state index in [4.69, 9.17) is 4.74 Å². The molecule has 1 saturated heterocycles. The molecule has 0 aromatic heterocycles. The van der Waals surface area contributed by atoms with Crippen molar-refractivity contribution < 1.29 is 17.5 Å². The van der Waals surface area contributed by atoms with E-state index in [-0.39, 0.29) is 29.3 Å². The normalized spacial score (nSPS) is 22.1. The first-order chi connectivity index (χ1) is 9.93. The Hall–Kier alpha value is -1.14. The molecule has 21 heavy (non-hydrogen) atoms. The van der Waals surface area contributed by atoms with Gasteiger partial charge in [0.1, 0.15) is 0 Å². The van der Waals surface area contributed by atoms with Gasteiger partial charge in [0.05, 0.1) is 18.6 Å². The number of rotatable bonds is 6. The SMILES string of the molecule is CNC(Cc1ccc(OC)c(F)c1)CC1CCS(=O)(=O)C1. The smallest absolute Gasteiger partial charge is 0.165 e. The molecule has 2 rings (SSSR count). The number of likely N-dealkylation sites (N-methyl/N-ethyl adjacent to an activating group) is 1. The second-order valence-corrected chi connectivity index (χ2v) is 7.89. The summed E-state index contributed by atoms with van der Waals surface area (Å²) in [6.07, 6.45) is 2.20. The zero-order chi connectivity index (χ0) is 15.5. The number of methoxy groups -OCH3 is 1. The average Bonchev–Trinajstić information content (AvgIpc) is 2.77. The highest BCUT2D eigenvalue weighted by Crippen LogP contribution is 2.25. The van der Waals surface area contributed by atoms with Crippen LogP contribution in [0.15, 0.2) is 18.2 Å². The lowest BCUT2D eigenvalue weighted by Gasteiger charge is -2.19. The van der Waals surface area contributed by atoms with E-state index in [1.165, 1.54) is 13.2 Å². The van der Waals surface area contributed by atoms with Gasteiger partial charge < -0.3 is 10.1 Å². The van der Waals surface area contributed by atoms with Gasteiger partial charge >= 0.3 is 0 Å². The predicted octanol–water partition coefficient (Wildman–Crippen LogP) is 1.79. The molecule has 0 bridgehead atoms. The highest BCUT2D eigenvalue weighted by atomic mass is 32.2. The summed E-state index contributed by atoms with van der Waals surface area (Å²) in [6, 6.07) is 5.10. The molecule has 1 aromatic carbocycles. The van der Waals surface area contributed by atoms with E-state index in [1.54, 1.807) is 6.07 Å². The van der Waals surface area contributed by atoms with Crippen LogP contribution in [0.4, 0.5) is 4.39 Å². The van der Waals surface area contributed by atoms with E-state index in [2.05, 4.69) is 5.32 Å². The first-order valence-electron chi connectivity index (χ1n) is 7.13. The maximum Gasteiger partial charge on any atom is 0.165 e. The highest BCUT2D eigenvalue weighted by Gasteiger charge is 2.29. The molecule has 2 atom stereocenters. The molecule has 0 spiro atoms. The second-order valence-electron chi connectivity index (χ2n) is 5.66. The molecule has 1 aliphatic rings. The van der Waals surface area contributed by atoms with E-state index < -0.39 is 9.84 Å². The minimum Gasteiger partial charge on any atom is -0.494 e. The Morgan fingerprint density at radius 2 is 2.24 bits per heavy atom. The molecule has 1 N–H and O–H groups in total. The monoisotopic (exact) mass is 315 g/mol. The minimum atomic E-state index is -2.84. The summed E-state index contributed by atoms with van der Waals surface area (Å²) in [7, 11) is 0.452. The molecule has 1 aliphatic heterocycles. The Morgan fingerprint density at radius 1 is 1.48 bits per heavy atom. The van der Waals surface area contributed by atoms with Crippen LogP contribution >= 0.6 is 0 Å². The third-order valence-corrected chi connectivity index (χ3v) is 5.89. The fourth-order valence-corrected chi connectivity index (χ4v) is 4.76. The quantitative estimate of drug-likeness (QED) is 0.869. The summed E-state index contributed by atoms with van der Waals surface area (Å²) >= 11 is 0. The van der Waals surface area contributed by atoms with Crippen molar-refractivity contribution in [2.45, 2.75) is 25.3 Å². The molecule has 0 amide bonds. The molecule has 1 fully saturated rings. The summed E-state index contributed by atoms with van der Waals surface area (Å²) in [5.41, 5.74) is 0.883.